The van der Waals surface area contributed by atoms with Gasteiger partial charge in [-0.1, -0.05) is 0 Å². The highest BCUT2D eigenvalue weighted by molar-refractivity contribution is 6.04. The molecule has 0 bridgehead atoms. The van der Waals surface area contributed by atoms with Gasteiger partial charge in [0, 0.05) is 64.7 Å². The van der Waals surface area contributed by atoms with Gasteiger partial charge in [-0.2, -0.15) is 0 Å². The van der Waals surface area contributed by atoms with E-state index < -0.39 is 29.1 Å². The third-order valence-electron chi connectivity index (χ3n) is 9.39. The number of carbonyl (C=O) groups is 4. The molecule has 13 nitrogen and oxygen atoms in total. The van der Waals surface area contributed by atoms with Gasteiger partial charge in [0.15, 0.2) is 5.60 Å². The summed E-state index contributed by atoms with van der Waals surface area (Å²) in [6.45, 7) is 14.8. The molecule has 5 rings (SSSR count). The van der Waals surface area contributed by atoms with Crippen LogP contribution in [0.5, 0.6) is 5.75 Å². The highest BCUT2D eigenvalue weighted by Gasteiger charge is 2.45. The lowest BCUT2D eigenvalue weighted by molar-refractivity contribution is -0.133. The first-order valence-corrected chi connectivity index (χ1v) is 17.8. The van der Waals surface area contributed by atoms with Gasteiger partial charge in [0.05, 0.1) is 30.7 Å². The third kappa shape index (κ3) is 9.43. The van der Waals surface area contributed by atoms with Crippen molar-refractivity contribution in [3.8, 4) is 5.75 Å². The Bertz CT molecular complexity index is 1350. The van der Waals surface area contributed by atoms with Crippen molar-refractivity contribution in [1.29, 1.82) is 0 Å². The normalized spacial score (nSPS) is 22.6. The summed E-state index contributed by atoms with van der Waals surface area (Å²) in [4.78, 5) is 62.2. The quantitative estimate of drug-likeness (QED) is 0.329. The molecule has 3 aliphatic heterocycles. The summed E-state index contributed by atoms with van der Waals surface area (Å²) >= 11 is 0. The Morgan fingerprint density at radius 2 is 1.76 bits per heavy atom. The number of rotatable bonds is 12. The second kappa shape index (κ2) is 15.6. The maximum atomic E-state index is 14.5. The number of likely N-dealkylation sites (tertiary alicyclic amines) is 1. The largest absolute Gasteiger partial charge is 0.476 e. The van der Waals surface area contributed by atoms with Crippen molar-refractivity contribution in [1.82, 2.24) is 15.1 Å². The monoisotopic (exact) mass is 685 g/mol. The molecule has 3 fully saturated rings. The van der Waals surface area contributed by atoms with Crippen LogP contribution in [0, 0.1) is 11.8 Å². The predicted octanol–water partition coefficient (Wildman–Crippen LogP) is 3.43. The number of piperidine rings is 1. The molecule has 1 aromatic carbocycles. The van der Waals surface area contributed by atoms with Crippen LogP contribution < -0.4 is 19.9 Å². The highest BCUT2D eigenvalue weighted by Crippen LogP contribution is 2.43. The maximum Gasteiger partial charge on any atom is 0.410 e. The van der Waals surface area contributed by atoms with Gasteiger partial charge >= 0.3 is 6.09 Å². The molecule has 272 valence electrons. The Morgan fingerprint density at radius 3 is 2.43 bits per heavy atom. The van der Waals surface area contributed by atoms with E-state index in [0.29, 0.717) is 49.7 Å². The van der Waals surface area contributed by atoms with Gasteiger partial charge in [0.1, 0.15) is 11.4 Å². The first kappa shape index (κ1) is 36.9. The summed E-state index contributed by atoms with van der Waals surface area (Å²) in [5.41, 5.74) is -0.473. The second-order valence-electron chi connectivity index (χ2n) is 15.1. The van der Waals surface area contributed by atoms with E-state index in [0.717, 1.165) is 52.1 Å². The molecule has 2 saturated heterocycles. The van der Waals surface area contributed by atoms with Gasteiger partial charge < -0.3 is 39.0 Å². The smallest absolute Gasteiger partial charge is 0.410 e. The fourth-order valence-electron chi connectivity index (χ4n) is 6.77. The second-order valence-corrected chi connectivity index (χ2v) is 15.1. The van der Waals surface area contributed by atoms with Crippen molar-refractivity contribution < 1.29 is 38.1 Å². The van der Waals surface area contributed by atoms with Crippen LogP contribution in [0.15, 0.2) is 18.2 Å². The fraction of sp³-hybridized carbons (Fsp3) is 0.722. The van der Waals surface area contributed by atoms with Crippen LogP contribution in [0.25, 0.3) is 0 Å². The van der Waals surface area contributed by atoms with Crippen LogP contribution in [0.3, 0.4) is 0 Å². The minimum absolute atomic E-state index is 0.00601. The molecule has 4 amide bonds. The first-order valence-electron chi connectivity index (χ1n) is 17.8. The molecular formula is C36H55N5O8. The van der Waals surface area contributed by atoms with Crippen LogP contribution in [-0.2, 0) is 28.6 Å². The van der Waals surface area contributed by atoms with Crippen LogP contribution in [0.4, 0.5) is 16.2 Å². The number of ether oxygens (including phenoxy) is 4. The number of benzene rings is 1. The van der Waals surface area contributed by atoms with Crippen molar-refractivity contribution in [2.45, 2.75) is 84.0 Å². The average Bonchev–Trinajstić information content (AvgIpc) is 3.90. The Labute approximate surface area is 290 Å². The topological polar surface area (TPSA) is 130 Å². The molecule has 1 saturated carbocycles. The number of hydrogen-bond donors (Lipinski definition) is 1. The summed E-state index contributed by atoms with van der Waals surface area (Å²) in [6, 6.07) is 5.54. The number of methoxy groups -OCH3 is 1. The van der Waals surface area contributed by atoms with Crippen molar-refractivity contribution in [2.75, 3.05) is 82.5 Å². The number of anilines is 2. The van der Waals surface area contributed by atoms with E-state index in [1.807, 2.05) is 18.2 Å². The molecule has 0 unspecified atom stereocenters. The summed E-state index contributed by atoms with van der Waals surface area (Å²) in [7, 11) is 1.63. The number of hydrogen-bond acceptors (Lipinski definition) is 9. The van der Waals surface area contributed by atoms with Gasteiger partial charge in [-0.25, -0.2) is 4.79 Å². The molecule has 1 N–H and O–H groups in total. The van der Waals surface area contributed by atoms with E-state index in [2.05, 4.69) is 10.2 Å². The molecule has 0 spiro atoms. The van der Waals surface area contributed by atoms with E-state index >= 15 is 0 Å². The molecule has 1 aromatic rings. The van der Waals surface area contributed by atoms with E-state index in [1.165, 1.54) is 4.90 Å². The summed E-state index contributed by atoms with van der Waals surface area (Å²) < 4.78 is 22.5. The van der Waals surface area contributed by atoms with Crippen molar-refractivity contribution in [3.63, 3.8) is 0 Å². The highest BCUT2D eigenvalue weighted by atomic mass is 16.6. The van der Waals surface area contributed by atoms with Crippen molar-refractivity contribution >= 4 is 35.2 Å². The number of amides is 4. The van der Waals surface area contributed by atoms with E-state index in [4.69, 9.17) is 18.9 Å². The van der Waals surface area contributed by atoms with E-state index in [-0.39, 0.29) is 36.9 Å². The Kier molecular flexibility index (Phi) is 11.8. The lowest BCUT2D eigenvalue weighted by atomic mass is 9.87. The number of carbonyl (C=O) groups excluding carboxylic acids is 4. The van der Waals surface area contributed by atoms with Gasteiger partial charge in [0.25, 0.3) is 5.91 Å². The molecule has 3 heterocycles. The lowest BCUT2D eigenvalue weighted by Gasteiger charge is -2.40. The molecule has 0 aromatic heterocycles. The number of morpholine rings is 1. The van der Waals surface area contributed by atoms with E-state index in [1.54, 1.807) is 51.5 Å². The fourth-order valence-corrected chi connectivity index (χ4v) is 6.77. The van der Waals surface area contributed by atoms with Crippen molar-refractivity contribution in [2.24, 2.45) is 11.8 Å². The van der Waals surface area contributed by atoms with Crippen molar-refractivity contribution in [3.05, 3.63) is 18.2 Å². The first-order chi connectivity index (χ1) is 23.3. The predicted molar refractivity (Wildman–Crippen MR) is 185 cm³/mol. The van der Waals surface area contributed by atoms with Crippen LogP contribution in [-0.4, -0.2) is 124 Å². The van der Waals surface area contributed by atoms with Gasteiger partial charge in [-0.3, -0.25) is 19.3 Å². The summed E-state index contributed by atoms with van der Waals surface area (Å²) in [6.07, 6.45) is 2.92. The minimum Gasteiger partial charge on any atom is -0.476 e. The zero-order valence-corrected chi connectivity index (χ0v) is 30.1. The third-order valence-corrected chi connectivity index (χ3v) is 9.39. The SMILES string of the molecule is COCCCN1C(=O)C(C)(C)Oc2ccc(N(C(=O)[C@@H]3C[C@H](C(=O)NCCCN4CCOCC4)CN(C(=O)OC(C)(C)C)C3)C3CC3)cc21. The average molecular weight is 686 g/mol. The summed E-state index contributed by atoms with van der Waals surface area (Å²) in [5.74, 6) is -1.06. The molecular weight excluding hydrogens is 630 g/mol. The number of fused-ring (bicyclic) bond motifs is 1. The standard InChI is InChI=1S/C36H55N5O8/c1-35(2,3)49-34(45)39-23-25(31(42)37-13-7-14-38-16-19-47-20-17-38)21-26(24-39)32(43)41(27-9-10-27)28-11-12-30-29(22-28)40(15-8-18-46-6)33(44)36(4,5)48-30/h11-12,22,25-27H,7-10,13-21,23-24H2,1-6H3,(H,37,42)/t25-,26+/m0/s1. The molecule has 13 heteroatoms. The summed E-state index contributed by atoms with van der Waals surface area (Å²) in [5, 5.41) is 3.07. The molecule has 0 radical (unpaired) electrons. The zero-order valence-electron chi connectivity index (χ0n) is 30.1. The van der Waals surface area contributed by atoms with E-state index in [9.17, 15) is 19.2 Å². The number of nitrogens with one attached hydrogen (secondary N) is 1. The van der Waals surface area contributed by atoms with Gasteiger partial charge in [-0.05, 0) is 91.5 Å². The van der Waals surface area contributed by atoms with Crippen LogP contribution >= 0.6 is 0 Å². The maximum absolute atomic E-state index is 14.5. The Morgan fingerprint density at radius 1 is 1.04 bits per heavy atom. The Hall–Kier alpha value is -3.42. The zero-order chi connectivity index (χ0) is 35.3. The minimum atomic E-state index is -1.03. The Balaban J connectivity index is 1.35. The molecule has 1 aliphatic carbocycles. The van der Waals surface area contributed by atoms with Crippen LogP contribution in [0.2, 0.25) is 0 Å². The van der Waals surface area contributed by atoms with Gasteiger partial charge in [0.2, 0.25) is 11.8 Å². The molecule has 2 atom stereocenters. The molecule has 49 heavy (non-hydrogen) atoms. The molecule has 4 aliphatic rings. The van der Waals surface area contributed by atoms with Gasteiger partial charge in [-0.15, -0.1) is 0 Å². The number of nitrogens with zero attached hydrogens (tertiary/aromatic N) is 4. The lowest BCUT2D eigenvalue weighted by Crippen LogP contribution is -2.54. The van der Waals surface area contributed by atoms with Crippen LogP contribution in [0.1, 0.15) is 66.7 Å².